The molecule has 0 radical (unpaired) electrons. The molecule has 2 aromatic rings. The van der Waals surface area contributed by atoms with E-state index in [4.69, 9.17) is 16.8 Å². The van der Waals surface area contributed by atoms with Crippen molar-refractivity contribution >= 4 is 34.7 Å². The Balaban J connectivity index is 2.02. The van der Waals surface area contributed by atoms with Gasteiger partial charge in [0.1, 0.15) is 5.82 Å². The van der Waals surface area contributed by atoms with Gasteiger partial charge in [-0.15, -0.1) is 0 Å². The highest BCUT2D eigenvalue weighted by atomic mass is 35.5. The zero-order valence-corrected chi connectivity index (χ0v) is 10.9. The van der Waals surface area contributed by atoms with Gasteiger partial charge in [0.15, 0.2) is 0 Å². The molecule has 2 aromatic carbocycles. The van der Waals surface area contributed by atoms with Crippen LogP contribution in [0, 0.1) is 5.82 Å². The Kier molecular flexibility index (Phi) is 4.39. The molecule has 0 aromatic heterocycles. The molecule has 0 aliphatic carbocycles. The standard InChI is InChI=1S/C13H11ClFN3O2/c14-11-6-5-10(7-12(11)18-20)17-13(19)16-9-3-1-8(15)2-4-9/h1-7,18,20H,(H2,16,17,19). The van der Waals surface area contributed by atoms with Gasteiger partial charge in [0.25, 0.3) is 0 Å². The van der Waals surface area contributed by atoms with Crippen molar-refractivity contribution in [2.45, 2.75) is 0 Å². The number of carbonyl (C=O) groups is 1. The molecule has 104 valence electrons. The van der Waals surface area contributed by atoms with Crippen LogP contribution in [0.2, 0.25) is 5.02 Å². The topological polar surface area (TPSA) is 73.4 Å². The summed E-state index contributed by atoms with van der Waals surface area (Å²) >= 11 is 5.79. The van der Waals surface area contributed by atoms with E-state index in [-0.39, 0.29) is 11.5 Å². The molecule has 4 N–H and O–H groups in total. The maximum Gasteiger partial charge on any atom is 0.323 e. The van der Waals surface area contributed by atoms with Gasteiger partial charge >= 0.3 is 6.03 Å². The average molecular weight is 296 g/mol. The van der Waals surface area contributed by atoms with Crippen LogP contribution in [0.1, 0.15) is 0 Å². The predicted molar refractivity (Wildman–Crippen MR) is 75.9 cm³/mol. The minimum absolute atomic E-state index is 0.270. The molecule has 0 heterocycles. The van der Waals surface area contributed by atoms with E-state index in [1.165, 1.54) is 36.4 Å². The number of nitrogens with one attached hydrogen (secondary N) is 3. The molecule has 0 aliphatic heterocycles. The summed E-state index contributed by atoms with van der Waals surface area (Å²) in [5, 5.41) is 14.2. The minimum Gasteiger partial charge on any atom is -0.308 e. The van der Waals surface area contributed by atoms with Crippen LogP contribution in [0.3, 0.4) is 0 Å². The van der Waals surface area contributed by atoms with Crippen molar-refractivity contribution < 1.29 is 14.4 Å². The van der Waals surface area contributed by atoms with Crippen LogP contribution in [-0.2, 0) is 0 Å². The lowest BCUT2D eigenvalue weighted by Crippen LogP contribution is -2.19. The van der Waals surface area contributed by atoms with Crippen LogP contribution in [-0.4, -0.2) is 11.2 Å². The first kappa shape index (κ1) is 14.1. The fourth-order valence-electron chi connectivity index (χ4n) is 1.52. The first-order valence-electron chi connectivity index (χ1n) is 5.62. The molecule has 0 fully saturated rings. The molecule has 0 saturated carbocycles. The highest BCUT2D eigenvalue weighted by Gasteiger charge is 2.05. The number of benzene rings is 2. The van der Waals surface area contributed by atoms with Crippen molar-refractivity contribution in [3.8, 4) is 0 Å². The summed E-state index contributed by atoms with van der Waals surface area (Å²) in [5.74, 6) is -0.382. The number of rotatable bonds is 3. The quantitative estimate of drug-likeness (QED) is 0.648. The van der Waals surface area contributed by atoms with Gasteiger partial charge in [-0.2, -0.15) is 0 Å². The van der Waals surface area contributed by atoms with Gasteiger partial charge in [-0.1, -0.05) is 11.6 Å². The summed E-state index contributed by atoms with van der Waals surface area (Å²) in [4.78, 5) is 11.7. The second-order valence-electron chi connectivity index (χ2n) is 3.89. The lowest BCUT2D eigenvalue weighted by atomic mass is 10.3. The first-order chi connectivity index (χ1) is 9.58. The Morgan fingerprint density at radius 2 is 1.65 bits per heavy atom. The van der Waals surface area contributed by atoms with Crippen molar-refractivity contribution in [1.29, 1.82) is 0 Å². The van der Waals surface area contributed by atoms with Crippen LogP contribution in [0.4, 0.5) is 26.2 Å². The summed E-state index contributed by atoms with van der Waals surface area (Å²) in [6.07, 6.45) is 0. The molecule has 0 aliphatic rings. The van der Waals surface area contributed by atoms with Gasteiger partial charge in [0.2, 0.25) is 0 Å². The Hall–Kier alpha value is -2.31. The smallest absolute Gasteiger partial charge is 0.308 e. The second kappa shape index (κ2) is 6.23. The lowest BCUT2D eigenvalue weighted by Gasteiger charge is -2.09. The number of halogens is 2. The van der Waals surface area contributed by atoms with Gasteiger partial charge in [-0.3, -0.25) is 10.7 Å². The fraction of sp³-hybridized carbons (Fsp3) is 0. The minimum atomic E-state index is -0.497. The molecule has 0 saturated heterocycles. The van der Waals surface area contributed by atoms with Gasteiger partial charge in [-0.25, -0.2) is 9.18 Å². The zero-order valence-electron chi connectivity index (χ0n) is 10.2. The van der Waals surface area contributed by atoms with E-state index in [0.717, 1.165) is 0 Å². The third-order valence-electron chi connectivity index (χ3n) is 2.45. The monoisotopic (exact) mass is 295 g/mol. The second-order valence-corrected chi connectivity index (χ2v) is 4.30. The maximum absolute atomic E-state index is 12.7. The first-order valence-corrected chi connectivity index (χ1v) is 5.99. The Labute approximate surface area is 119 Å². The fourth-order valence-corrected chi connectivity index (χ4v) is 1.68. The van der Waals surface area contributed by atoms with E-state index in [1.807, 2.05) is 5.48 Å². The average Bonchev–Trinajstić information content (AvgIpc) is 2.43. The van der Waals surface area contributed by atoms with E-state index < -0.39 is 6.03 Å². The van der Waals surface area contributed by atoms with Crippen molar-refractivity contribution in [3.05, 3.63) is 53.3 Å². The van der Waals surface area contributed by atoms with Crippen LogP contribution < -0.4 is 16.1 Å². The highest BCUT2D eigenvalue weighted by Crippen LogP contribution is 2.25. The molecule has 0 spiro atoms. The number of amides is 2. The normalized spacial score (nSPS) is 9.95. The molecule has 7 heteroatoms. The largest absolute Gasteiger partial charge is 0.323 e. The highest BCUT2D eigenvalue weighted by molar-refractivity contribution is 6.33. The van der Waals surface area contributed by atoms with E-state index in [2.05, 4.69) is 10.6 Å². The molecular weight excluding hydrogens is 285 g/mol. The van der Waals surface area contributed by atoms with Gasteiger partial charge in [0.05, 0.1) is 10.7 Å². The van der Waals surface area contributed by atoms with Crippen LogP contribution in [0.5, 0.6) is 0 Å². The van der Waals surface area contributed by atoms with E-state index in [9.17, 15) is 9.18 Å². The molecule has 2 rings (SSSR count). The van der Waals surface area contributed by atoms with Gasteiger partial charge in [-0.05, 0) is 42.5 Å². The molecule has 0 atom stereocenters. The molecule has 0 unspecified atom stereocenters. The van der Waals surface area contributed by atoms with E-state index >= 15 is 0 Å². The van der Waals surface area contributed by atoms with Crippen molar-refractivity contribution in [2.24, 2.45) is 0 Å². The third-order valence-corrected chi connectivity index (χ3v) is 2.78. The van der Waals surface area contributed by atoms with E-state index in [1.54, 1.807) is 6.07 Å². The number of anilines is 3. The van der Waals surface area contributed by atoms with Crippen molar-refractivity contribution in [2.75, 3.05) is 16.1 Å². The summed E-state index contributed by atoms with van der Waals surface area (Å²) in [7, 11) is 0. The number of hydrogen-bond acceptors (Lipinski definition) is 3. The zero-order chi connectivity index (χ0) is 14.5. The van der Waals surface area contributed by atoms with E-state index in [0.29, 0.717) is 16.4 Å². The Morgan fingerprint density at radius 3 is 2.30 bits per heavy atom. The summed E-state index contributed by atoms with van der Waals surface area (Å²) in [6, 6.07) is 9.43. The number of urea groups is 1. The van der Waals surface area contributed by atoms with Crippen LogP contribution in [0.25, 0.3) is 0 Å². The van der Waals surface area contributed by atoms with Crippen molar-refractivity contribution in [1.82, 2.24) is 0 Å². The van der Waals surface area contributed by atoms with Crippen molar-refractivity contribution in [3.63, 3.8) is 0 Å². The van der Waals surface area contributed by atoms with Crippen LogP contribution >= 0.6 is 11.6 Å². The third kappa shape index (κ3) is 3.59. The lowest BCUT2D eigenvalue weighted by molar-refractivity contribution is 0.262. The Bertz CT molecular complexity index is 620. The summed E-state index contributed by atoms with van der Waals surface area (Å²) in [5.41, 5.74) is 3.08. The molecular formula is C13H11ClFN3O2. The Morgan fingerprint density at radius 1 is 1.05 bits per heavy atom. The molecule has 0 bridgehead atoms. The molecule has 20 heavy (non-hydrogen) atoms. The summed E-state index contributed by atoms with van der Waals surface area (Å²) in [6.45, 7) is 0. The number of carbonyl (C=O) groups excluding carboxylic acids is 1. The number of hydrogen-bond donors (Lipinski definition) is 4. The maximum atomic E-state index is 12.7. The summed E-state index contributed by atoms with van der Waals surface area (Å²) < 4.78 is 12.7. The van der Waals surface area contributed by atoms with Crippen LogP contribution in [0.15, 0.2) is 42.5 Å². The van der Waals surface area contributed by atoms with Gasteiger partial charge in [0, 0.05) is 11.4 Å². The molecule has 2 amide bonds. The van der Waals surface area contributed by atoms with Gasteiger partial charge < -0.3 is 10.6 Å². The SMILES string of the molecule is O=C(Nc1ccc(F)cc1)Nc1ccc(Cl)c(NO)c1. The predicted octanol–water partition coefficient (Wildman–Crippen LogP) is 3.92. The molecule has 5 nitrogen and oxygen atoms in total.